The van der Waals surface area contributed by atoms with Gasteiger partial charge in [-0.05, 0) is 55.4 Å². The van der Waals surface area contributed by atoms with Crippen LogP contribution in [0, 0.1) is 0 Å². The van der Waals surface area contributed by atoms with Gasteiger partial charge in [0.1, 0.15) is 54.6 Å². The Bertz CT molecular complexity index is 2420. The fraction of sp³-hybridized carbons (Fsp3) is 0.478. The molecule has 0 spiro atoms. The van der Waals surface area contributed by atoms with E-state index in [1.54, 1.807) is 30.3 Å². The number of carboxylic acids is 1. The van der Waals surface area contributed by atoms with E-state index < -0.39 is 139 Å². The van der Waals surface area contributed by atoms with Crippen LogP contribution in [0.5, 0.6) is 5.75 Å². The zero-order valence-electron chi connectivity index (χ0n) is 40.7. The van der Waals surface area contributed by atoms with Crippen LogP contribution >= 0.6 is 21.6 Å². The third kappa shape index (κ3) is 20.3. The Labute approximate surface area is 438 Å². The summed E-state index contributed by atoms with van der Waals surface area (Å²) in [6.45, 7) is -0.706. The molecule has 2 aromatic carbocycles. The number of phenolic OH excluding ortho intramolecular Hbond substituents is 1. The van der Waals surface area contributed by atoms with Gasteiger partial charge < -0.3 is 81.0 Å². The number of aliphatic carboxylic acids is 1. The van der Waals surface area contributed by atoms with E-state index in [0.717, 1.165) is 26.5 Å². The molecule has 0 bridgehead atoms. The van der Waals surface area contributed by atoms with Crippen LogP contribution in [0.25, 0.3) is 0 Å². The lowest BCUT2D eigenvalue weighted by molar-refractivity contribution is -0.142. The molecule has 2 aliphatic rings. The molecule has 2 aromatic rings. The highest BCUT2D eigenvalue weighted by Gasteiger charge is 2.40. The van der Waals surface area contributed by atoms with Crippen LogP contribution in [0.4, 0.5) is 0 Å². The normalized spacial score (nSPS) is 22.6. The number of hydrogen-bond acceptors (Lipinski definition) is 16. The van der Waals surface area contributed by atoms with E-state index in [-0.39, 0.29) is 74.8 Å². The fourth-order valence-corrected chi connectivity index (χ4v) is 10.1. The number of phenols is 1. The van der Waals surface area contributed by atoms with Gasteiger partial charge in [-0.25, -0.2) is 0 Å². The Kier molecular flexibility index (Phi) is 23.9. The molecule has 0 radical (unpaired) electrons. The number of likely N-dealkylation sites (tertiary alicyclic amines) is 1. The van der Waals surface area contributed by atoms with Gasteiger partial charge in [0, 0.05) is 43.9 Å². The molecule has 8 unspecified atom stereocenters. The molecular formula is C46H64N14O13S2. The molecule has 0 aromatic heterocycles. The third-order valence-electron chi connectivity index (χ3n) is 11.6. The molecule has 0 aliphatic carbocycles. The number of nitrogens with two attached hydrogens (primary N) is 5. The first-order valence-electron chi connectivity index (χ1n) is 23.7. The number of carbonyl (C=O) groups is 11. The first-order valence-corrected chi connectivity index (χ1v) is 26.2. The second-order valence-corrected chi connectivity index (χ2v) is 20.1. The van der Waals surface area contributed by atoms with E-state index in [2.05, 4.69) is 42.2 Å². The lowest BCUT2D eigenvalue weighted by Crippen LogP contribution is -2.61. The second-order valence-electron chi connectivity index (χ2n) is 17.5. The molecule has 2 saturated heterocycles. The maximum Gasteiger partial charge on any atom is 0.322 e. The van der Waals surface area contributed by atoms with Crippen LogP contribution < -0.4 is 65.9 Å². The summed E-state index contributed by atoms with van der Waals surface area (Å²) in [4.78, 5) is 153. The zero-order valence-corrected chi connectivity index (χ0v) is 42.3. The molecule has 75 heavy (non-hydrogen) atoms. The van der Waals surface area contributed by atoms with Gasteiger partial charge in [0.25, 0.3) is 0 Å². The number of amides is 10. The number of aliphatic imine (C=N–C) groups is 1. The first-order chi connectivity index (χ1) is 35.6. The lowest BCUT2D eigenvalue weighted by Gasteiger charge is -2.31. The number of rotatable bonds is 19. The quantitative estimate of drug-likeness (QED) is 0.0272. The maximum absolute atomic E-state index is 14.6. The highest BCUT2D eigenvalue weighted by molar-refractivity contribution is 8.76. The van der Waals surface area contributed by atoms with Crippen LogP contribution in [-0.4, -0.2) is 166 Å². The summed E-state index contributed by atoms with van der Waals surface area (Å²) in [5.41, 5.74) is 29.2. The number of guanidine groups is 1. The van der Waals surface area contributed by atoms with Crippen molar-refractivity contribution in [3.63, 3.8) is 0 Å². The largest absolute Gasteiger partial charge is 0.508 e. The number of nitrogens with one attached hydrogen (secondary N) is 7. The van der Waals surface area contributed by atoms with E-state index in [9.17, 15) is 57.8 Å². The number of aromatic hydroxyl groups is 1. The van der Waals surface area contributed by atoms with Crippen LogP contribution in [-0.2, 0) is 65.6 Å². The number of carbonyl (C=O) groups excluding carboxylic acids is 10. The summed E-state index contributed by atoms with van der Waals surface area (Å²) in [6, 6.07) is 2.64. The standard InChI is InChI=1S/C46H64N14O13S2/c47-27-22-74-75-23-33(45(73)60-17-5-9-34(60)44(72)55-28(8-4-16-52-46(50)51)39(67)53-21-37(64)65)59-43(71)32(20-36(49)63)58-40(68)29(14-15-35(48)62)54-41(69)31(18-24-6-2-1-3-7-24)57-42(70)30(56-38(27)66)19-25-10-12-26(61)13-11-25/h1-3,6-7,10-13,27-34,61H,4-5,8-9,14-23,47H2,(H2,48,62)(H2,49,63)(H,53,67)(H,54,69)(H,55,72)(H,56,66)(H,57,70)(H,58,68)(H,59,71)(H,64,65)(H4,50,51,52). The van der Waals surface area contributed by atoms with E-state index in [4.69, 9.17) is 33.8 Å². The summed E-state index contributed by atoms with van der Waals surface area (Å²) in [7, 11) is 1.98. The van der Waals surface area contributed by atoms with Crippen molar-refractivity contribution in [3.05, 3.63) is 65.7 Å². The minimum Gasteiger partial charge on any atom is -0.508 e. The Morgan fingerprint density at radius 3 is 1.92 bits per heavy atom. The molecule has 29 heteroatoms. The highest BCUT2D eigenvalue weighted by Crippen LogP contribution is 2.26. The van der Waals surface area contributed by atoms with Crippen molar-refractivity contribution in [1.82, 2.24) is 42.1 Å². The van der Waals surface area contributed by atoms with Crippen molar-refractivity contribution >= 4 is 92.6 Å². The molecular weight excluding hydrogens is 1020 g/mol. The number of benzene rings is 2. The summed E-state index contributed by atoms with van der Waals surface area (Å²) in [5, 5.41) is 36.6. The smallest absolute Gasteiger partial charge is 0.322 e. The first kappa shape index (κ1) is 59.9. The van der Waals surface area contributed by atoms with Crippen molar-refractivity contribution in [2.75, 3.05) is 31.1 Å². The Hall–Kier alpha value is -7.66. The highest BCUT2D eigenvalue weighted by atomic mass is 33.1. The van der Waals surface area contributed by atoms with Gasteiger partial charge in [0.2, 0.25) is 59.1 Å². The van der Waals surface area contributed by atoms with Gasteiger partial charge in [-0.15, -0.1) is 0 Å². The van der Waals surface area contributed by atoms with Crippen molar-refractivity contribution in [3.8, 4) is 5.75 Å². The average Bonchev–Trinajstić information content (AvgIpc) is 3.86. The fourth-order valence-electron chi connectivity index (χ4n) is 7.79. The van der Waals surface area contributed by atoms with Gasteiger partial charge in [-0.3, -0.25) is 57.7 Å². The summed E-state index contributed by atoms with van der Waals surface area (Å²) in [5.74, 6) is -11.2. The van der Waals surface area contributed by atoms with E-state index in [0.29, 0.717) is 11.1 Å². The summed E-state index contributed by atoms with van der Waals surface area (Å²) in [6.07, 6.45) is -1.52. The minimum atomic E-state index is -1.80. The van der Waals surface area contributed by atoms with Crippen LogP contribution in [0.15, 0.2) is 59.6 Å². The predicted molar refractivity (Wildman–Crippen MR) is 274 cm³/mol. The van der Waals surface area contributed by atoms with Crippen molar-refractivity contribution in [2.24, 2.45) is 33.7 Å². The van der Waals surface area contributed by atoms with Crippen LogP contribution in [0.1, 0.15) is 56.1 Å². The van der Waals surface area contributed by atoms with Crippen molar-refractivity contribution in [1.29, 1.82) is 0 Å². The molecule has 2 heterocycles. The topological polar surface area (TPSA) is 458 Å². The molecule has 19 N–H and O–H groups in total. The van der Waals surface area contributed by atoms with Crippen molar-refractivity contribution < 1.29 is 63.0 Å². The average molecular weight is 1090 g/mol. The number of nitrogens with zero attached hydrogens (tertiary/aromatic N) is 2. The summed E-state index contributed by atoms with van der Waals surface area (Å²) >= 11 is 0. The Balaban J connectivity index is 1.71. The predicted octanol–water partition coefficient (Wildman–Crippen LogP) is -4.81. The van der Waals surface area contributed by atoms with Crippen LogP contribution in [0.3, 0.4) is 0 Å². The second kappa shape index (κ2) is 29.9. The van der Waals surface area contributed by atoms with E-state index in [1.165, 1.54) is 24.3 Å². The molecule has 2 aliphatic heterocycles. The number of carboxylic acid groups (broad SMARTS) is 1. The Morgan fingerprint density at radius 2 is 1.31 bits per heavy atom. The van der Waals surface area contributed by atoms with Crippen molar-refractivity contribution in [2.45, 2.75) is 106 Å². The maximum atomic E-state index is 14.6. The lowest BCUT2D eigenvalue weighted by atomic mass is 10.0. The molecule has 408 valence electrons. The van der Waals surface area contributed by atoms with Gasteiger partial charge in [0.15, 0.2) is 5.96 Å². The number of hydrogen-bond donors (Lipinski definition) is 14. The van der Waals surface area contributed by atoms with Gasteiger partial charge in [-0.2, -0.15) is 0 Å². The summed E-state index contributed by atoms with van der Waals surface area (Å²) < 4.78 is 0. The molecule has 2 fully saturated rings. The van der Waals surface area contributed by atoms with Crippen LogP contribution in [0.2, 0.25) is 0 Å². The molecule has 27 nitrogen and oxygen atoms in total. The Morgan fingerprint density at radius 1 is 0.733 bits per heavy atom. The molecule has 0 saturated carbocycles. The third-order valence-corrected chi connectivity index (χ3v) is 14.1. The molecule has 8 atom stereocenters. The molecule has 10 amide bonds. The molecule has 4 rings (SSSR count). The SMILES string of the molecule is NC(=O)CCC1NC(=O)C(Cc2ccccc2)NC(=O)C(Cc2ccc(O)cc2)NC(=O)C(N)CSSCC(C(=O)N2CCCC2C(=O)NC(CCCN=C(N)N)C(=O)NCC(=O)O)NC(=O)C(CC(N)=O)NC1=O. The number of primary amides is 2. The zero-order chi connectivity index (χ0) is 55.2. The van der Waals surface area contributed by atoms with E-state index in [1.807, 2.05) is 0 Å². The van der Waals surface area contributed by atoms with Gasteiger partial charge in [-0.1, -0.05) is 64.1 Å². The van der Waals surface area contributed by atoms with Gasteiger partial charge in [0.05, 0.1) is 12.5 Å². The van der Waals surface area contributed by atoms with Gasteiger partial charge >= 0.3 is 5.97 Å². The van der Waals surface area contributed by atoms with E-state index >= 15 is 0 Å². The minimum absolute atomic E-state index is 0.0145. The monoisotopic (exact) mass is 1080 g/mol.